The molecule has 0 spiro atoms. The van der Waals surface area contributed by atoms with Gasteiger partial charge in [-0.05, 0) is 30.3 Å². The first-order valence-corrected chi connectivity index (χ1v) is 6.68. The van der Waals surface area contributed by atoms with Gasteiger partial charge in [-0.25, -0.2) is 4.98 Å². The number of rotatable bonds is 3. The highest BCUT2D eigenvalue weighted by Crippen LogP contribution is 2.19. The van der Waals surface area contributed by atoms with E-state index in [1.165, 1.54) is 0 Å². The summed E-state index contributed by atoms with van der Waals surface area (Å²) in [5.74, 6) is -0.438. The molecule has 5 heteroatoms. The van der Waals surface area contributed by atoms with Crippen LogP contribution in [-0.4, -0.2) is 15.9 Å². The van der Waals surface area contributed by atoms with E-state index in [0.717, 1.165) is 16.6 Å². The van der Waals surface area contributed by atoms with Crippen molar-refractivity contribution in [2.24, 2.45) is 0 Å². The Balaban J connectivity index is 1.90. The fourth-order valence-corrected chi connectivity index (χ4v) is 2.12. The van der Waals surface area contributed by atoms with Crippen molar-refractivity contribution in [3.63, 3.8) is 0 Å². The molecule has 2 heterocycles. The zero-order valence-electron chi connectivity index (χ0n) is 11.6. The van der Waals surface area contributed by atoms with Crippen LogP contribution in [-0.2, 0) is 4.79 Å². The van der Waals surface area contributed by atoms with Gasteiger partial charge in [-0.2, -0.15) is 5.26 Å². The van der Waals surface area contributed by atoms with Crippen LogP contribution in [0.25, 0.3) is 17.1 Å². The number of nitriles is 1. The third-order valence-corrected chi connectivity index (χ3v) is 3.18. The lowest BCUT2D eigenvalue weighted by atomic mass is 10.1. The van der Waals surface area contributed by atoms with E-state index in [1.54, 1.807) is 30.6 Å². The predicted molar refractivity (Wildman–Crippen MR) is 84.8 cm³/mol. The number of pyridine rings is 1. The van der Waals surface area contributed by atoms with Gasteiger partial charge in [0.1, 0.15) is 17.3 Å². The number of fused-ring (bicyclic) bond motifs is 1. The predicted octanol–water partition coefficient (Wildman–Crippen LogP) is 3.11. The van der Waals surface area contributed by atoms with Gasteiger partial charge in [-0.1, -0.05) is 18.2 Å². The molecule has 0 saturated heterocycles. The third-order valence-electron chi connectivity index (χ3n) is 3.18. The number of nitrogens with zero attached hydrogens (tertiary/aromatic N) is 2. The third kappa shape index (κ3) is 2.72. The lowest BCUT2D eigenvalue weighted by Gasteiger charge is -2.03. The topological polar surface area (TPSA) is 81.6 Å². The molecule has 5 nitrogen and oxygen atoms in total. The molecule has 0 fully saturated rings. The van der Waals surface area contributed by atoms with Gasteiger partial charge < -0.3 is 10.3 Å². The van der Waals surface area contributed by atoms with Gasteiger partial charge >= 0.3 is 0 Å². The second-order valence-corrected chi connectivity index (χ2v) is 4.63. The van der Waals surface area contributed by atoms with Crippen LogP contribution in [0.1, 0.15) is 5.56 Å². The van der Waals surface area contributed by atoms with Crippen LogP contribution in [0.15, 0.2) is 60.4 Å². The van der Waals surface area contributed by atoms with Crippen molar-refractivity contribution in [1.82, 2.24) is 9.97 Å². The molecule has 0 radical (unpaired) electrons. The molecule has 3 rings (SSSR count). The Morgan fingerprint density at radius 3 is 2.82 bits per heavy atom. The average Bonchev–Trinajstić information content (AvgIpc) is 2.96. The fourth-order valence-electron chi connectivity index (χ4n) is 2.12. The molecule has 106 valence electrons. The van der Waals surface area contributed by atoms with E-state index in [9.17, 15) is 10.1 Å². The first-order valence-electron chi connectivity index (χ1n) is 6.68. The quantitative estimate of drug-likeness (QED) is 0.574. The second-order valence-electron chi connectivity index (χ2n) is 4.63. The van der Waals surface area contributed by atoms with E-state index in [2.05, 4.69) is 15.3 Å². The van der Waals surface area contributed by atoms with Crippen molar-refractivity contribution in [3.05, 3.63) is 66.0 Å². The minimum absolute atomic E-state index is 0.0357. The Labute approximate surface area is 126 Å². The molecule has 0 aliphatic carbocycles. The van der Waals surface area contributed by atoms with Crippen LogP contribution in [0.4, 0.5) is 5.69 Å². The van der Waals surface area contributed by atoms with E-state index < -0.39 is 5.91 Å². The van der Waals surface area contributed by atoms with Crippen LogP contribution in [0, 0.1) is 11.3 Å². The standard InChI is InChI=1S/C17H12N4O/c18-10-12(17(22)21-14-5-2-1-3-6-14)9-13-11-20-16-15(13)7-4-8-19-16/h1-9,11H,(H,19,20)(H,21,22)/b12-9-. The number of para-hydroxylation sites is 1. The first-order chi connectivity index (χ1) is 10.8. The lowest BCUT2D eigenvalue weighted by molar-refractivity contribution is -0.112. The first kappa shape index (κ1) is 13.6. The number of benzene rings is 1. The smallest absolute Gasteiger partial charge is 0.266 e. The van der Waals surface area contributed by atoms with Gasteiger partial charge in [-0.15, -0.1) is 0 Å². The van der Waals surface area contributed by atoms with Gasteiger partial charge in [0.25, 0.3) is 5.91 Å². The van der Waals surface area contributed by atoms with Gasteiger partial charge in [0.2, 0.25) is 0 Å². The molecule has 0 bridgehead atoms. The number of carbonyl (C=O) groups is 1. The molecular formula is C17H12N4O. The number of aromatic nitrogens is 2. The molecule has 0 aliphatic heterocycles. The summed E-state index contributed by atoms with van der Waals surface area (Å²) in [6.07, 6.45) is 4.96. The molecular weight excluding hydrogens is 276 g/mol. The minimum Gasteiger partial charge on any atom is -0.346 e. The summed E-state index contributed by atoms with van der Waals surface area (Å²) in [4.78, 5) is 19.4. The zero-order chi connectivity index (χ0) is 15.4. The zero-order valence-corrected chi connectivity index (χ0v) is 11.6. The van der Waals surface area contributed by atoms with E-state index in [1.807, 2.05) is 36.4 Å². The summed E-state index contributed by atoms with van der Waals surface area (Å²) in [6, 6.07) is 14.7. The van der Waals surface area contributed by atoms with Crippen molar-refractivity contribution < 1.29 is 4.79 Å². The number of aromatic amines is 1. The molecule has 1 amide bonds. The number of carbonyl (C=O) groups excluding carboxylic acids is 1. The van der Waals surface area contributed by atoms with Gasteiger partial charge in [0.15, 0.2) is 0 Å². The van der Waals surface area contributed by atoms with Gasteiger partial charge in [-0.3, -0.25) is 4.79 Å². The van der Waals surface area contributed by atoms with Crippen LogP contribution < -0.4 is 5.32 Å². The van der Waals surface area contributed by atoms with Crippen molar-refractivity contribution in [1.29, 1.82) is 5.26 Å². The van der Waals surface area contributed by atoms with E-state index in [0.29, 0.717) is 5.69 Å². The molecule has 2 N–H and O–H groups in total. The van der Waals surface area contributed by atoms with Crippen LogP contribution >= 0.6 is 0 Å². The summed E-state index contributed by atoms with van der Waals surface area (Å²) in [5.41, 5.74) is 2.15. The Kier molecular flexibility index (Phi) is 3.67. The molecule has 2 aromatic heterocycles. The van der Waals surface area contributed by atoms with E-state index in [-0.39, 0.29) is 5.57 Å². The van der Waals surface area contributed by atoms with E-state index in [4.69, 9.17) is 0 Å². The lowest BCUT2D eigenvalue weighted by Crippen LogP contribution is -2.13. The fraction of sp³-hybridized carbons (Fsp3) is 0. The number of anilines is 1. The maximum Gasteiger partial charge on any atom is 0.266 e. The summed E-state index contributed by atoms with van der Waals surface area (Å²) >= 11 is 0. The summed E-state index contributed by atoms with van der Waals surface area (Å²) in [5, 5.41) is 12.8. The summed E-state index contributed by atoms with van der Waals surface area (Å²) in [7, 11) is 0. The molecule has 1 aromatic carbocycles. The number of hydrogen-bond acceptors (Lipinski definition) is 3. The number of H-pyrrole nitrogens is 1. The Morgan fingerprint density at radius 1 is 1.23 bits per heavy atom. The molecule has 0 saturated carbocycles. The highest BCUT2D eigenvalue weighted by molar-refractivity contribution is 6.10. The molecule has 0 atom stereocenters. The highest BCUT2D eigenvalue weighted by Gasteiger charge is 2.11. The number of nitrogens with one attached hydrogen (secondary N) is 2. The van der Waals surface area contributed by atoms with Crippen molar-refractivity contribution >= 4 is 28.7 Å². The number of amides is 1. The van der Waals surface area contributed by atoms with Crippen LogP contribution in [0.3, 0.4) is 0 Å². The monoisotopic (exact) mass is 288 g/mol. The largest absolute Gasteiger partial charge is 0.346 e. The van der Waals surface area contributed by atoms with Crippen molar-refractivity contribution in [3.8, 4) is 6.07 Å². The second kappa shape index (κ2) is 5.94. The highest BCUT2D eigenvalue weighted by atomic mass is 16.1. The molecule has 22 heavy (non-hydrogen) atoms. The number of hydrogen-bond donors (Lipinski definition) is 2. The summed E-state index contributed by atoms with van der Waals surface area (Å²) in [6.45, 7) is 0. The van der Waals surface area contributed by atoms with Gasteiger partial charge in [0, 0.05) is 29.0 Å². The minimum atomic E-state index is -0.438. The SMILES string of the molecule is N#C/C(=C/c1c[nH]c2ncccc12)C(=O)Nc1ccccc1. The maximum absolute atomic E-state index is 12.2. The molecule has 0 aliphatic rings. The van der Waals surface area contributed by atoms with Crippen molar-refractivity contribution in [2.75, 3.05) is 5.32 Å². The van der Waals surface area contributed by atoms with Crippen LogP contribution in [0.5, 0.6) is 0 Å². The molecule has 3 aromatic rings. The molecule has 0 unspecified atom stereocenters. The van der Waals surface area contributed by atoms with Crippen LogP contribution in [0.2, 0.25) is 0 Å². The summed E-state index contributed by atoms with van der Waals surface area (Å²) < 4.78 is 0. The average molecular weight is 288 g/mol. The Hall–Kier alpha value is -3.39. The Morgan fingerprint density at radius 2 is 2.05 bits per heavy atom. The van der Waals surface area contributed by atoms with Crippen molar-refractivity contribution in [2.45, 2.75) is 0 Å². The van der Waals surface area contributed by atoms with E-state index >= 15 is 0 Å². The van der Waals surface area contributed by atoms with Gasteiger partial charge in [0.05, 0.1) is 0 Å². The maximum atomic E-state index is 12.2. The Bertz CT molecular complexity index is 888. The normalized spacial score (nSPS) is 11.1.